The number of amides is 1. The van der Waals surface area contributed by atoms with Crippen molar-refractivity contribution in [2.45, 2.75) is 5.37 Å². The van der Waals surface area contributed by atoms with Crippen LogP contribution in [0.15, 0.2) is 54.6 Å². The van der Waals surface area contributed by atoms with Crippen molar-refractivity contribution in [1.29, 1.82) is 0 Å². The number of carbonyl (C=O) groups excluding carboxylic acids is 1. The zero-order valence-electron chi connectivity index (χ0n) is 12.3. The fourth-order valence-corrected chi connectivity index (χ4v) is 4.36. The fourth-order valence-electron chi connectivity index (χ4n) is 2.48. The summed E-state index contributed by atoms with van der Waals surface area (Å²) in [6.07, 6.45) is 3.46. The van der Waals surface area contributed by atoms with Crippen LogP contribution in [0.4, 0.5) is 0 Å². The highest BCUT2D eigenvalue weighted by Crippen LogP contribution is 2.41. The minimum atomic E-state index is -0.0623. The number of carbonyl (C=O) groups is 1. The predicted molar refractivity (Wildman–Crippen MR) is 98.9 cm³/mol. The van der Waals surface area contributed by atoms with Crippen molar-refractivity contribution in [3.05, 3.63) is 75.8 Å². The molecule has 1 fully saturated rings. The van der Waals surface area contributed by atoms with Crippen LogP contribution < -0.4 is 0 Å². The Morgan fingerprint density at radius 3 is 2.70 bits per heavy atom. The molecular weight excluding hydrogens is 349 g/mol. The molecule has 0 bridgehead atoms. The van der Waals surface area contributed by atoms with E-state index in [4.69, 9.17) is 23.2 Å². The summed E-state index contributed by atoms with van der Waals surface area (Å²) in [5.41, 5.74) is 1.94. The van der Waals surface area contributed by atoms with Gasteiger partial charge in [0.1, 0.15) is 5.37 Å². The molecule has 5 heteroatoms. The molecule has 1 heterocycles. The summed E-state index contributed by atoms with van der Waals surface area (Å²) in [6, 6.07) is 15.2. The minimum Gasteiger partial charge on any atom is -0.322 e. The van der Waals surface area contributed by atoms with Gasteiger partial charge in [-0.3, -0.25) is 4.79 Å². The van der Waals surface area contributed by atoms with Crippen molar-refractivity contribution >= 4 is 46.9 Å². The molecule has 0 spiro atoms. The number of nitrogens with zero attached hydrogens (tertiary/aromatic N) is 1. The lowest BCUT2D eigenvalue weighted by atomic mass is 10.2. The second-order valence-corrected chi connectivity index (χ2v) is 7.20. The molecule has 3 rings (SSSR count). The zero-order chi connectivity index (χ0) is 16.2. The Morgan fingerprint density at radius 1 is 1.17 bits per heavy atom. The van der Waals surface area contributed by atoms with E-state index in [1.165, 1.54) is 0 Å². The third kappa shape index (κ3) is 3.92. The number of hydrogen-bond donors (Lipinski definition) is 0. The molecule has 23 heavy (non-hydrogen) atoms. The van der Waals surface area contributed by atoms with Crippen LogP contribution in [0.1, 0.15) is 16.5 Å². The maximum absolute atomic E-state index is 12.5. The normalized spacial score (nSPS) is 17.8. The van der Waals surface area contributed by atoms with Crippen LogP contribution in [0.25, 0.3) is 6.08 Å². The summed E-state index contributed by atoms with van der Waals surface area (Å²) in [7, 11) is 0. The van der Waals surface area contributed by atoms with Crippen LogP contribution in [0.3, 0.4) is 0 Å². The Morgan fingerprint density at radius 2 is 1.96 bits per heavy atom. The van der Waals surface area contributed by atoms with Gasteiger partial charge in [-0.25, -0.2) is 0 Å². The van der Waals surface area contributed by atoms with Crippen LogP contribution in [-0.4, -0.2) is 23.1 Å². The monoisotopic (exact) mass is 363 g/mol. The van der Waals surface area contributed by atoms with E-state index >= 15 is 0 Å². The Hall–Kier alpha value is -1.42. The highest BCUT2D eigenvalue weighted by atomic mass is 35.5. The maximum atomic E-state index is 12.5. The van der Waals surface area contributed by atoms with Crippen LogP contribution in [-0.2, 0) is 4.79 Å². The summed E-state index contributed by atoms with van der Waals surface area (Å²) in [5.74, 6) is 0.893. The van der Waals surface area contributed by atoms with Gasteiger partial charge in [0.25, 0.3) is 0 Å². The molecule has 1 aliphatic heterocycles. The van der Waals surface area contributed by atoms with Crippen molar-refractivity contribution in [1.82, 2.24) is 4.90 Å². The smallest absolute Gasteiger partial charge is 0.247 e. The van der Waals surface area contributed by atoms with Crippen molar-refractivity contribution in [3.8, 4) is 0 Å². The first-order valence-corrected chi connectivity index (χ1v) is 9.06. The molecule has 0 radical (unpaired) electrons. The topological polar surface area (TPSA) is 20.3 Å². The number of thioether (sulfide) groups is 1. The van der Waals surface area contributed by atoms with E-state index in [0.29, 0.717) is 16.6 Å². The van der Waals surface area contributed by atoms with Gasteiger partial charge in [0.15, 0.2) is 0 Å². The second kappa shape index (κ2) is 7.43. The molecule has 118 valence electrons. The van der Waals surface area contributed by atoms with Crippen molar-refractivity contribution in [2.75, 3.05) is 12.3 Å². The molecule has 1 unspecified atom stereocenters. The molecular formula is C18H15Cl2NOS. The summed E-state index contributed by atoms with van der Waals surface area (Å²) in [4.78, 5) is 14.4. The van der Waals surface area contributed by atoms with Crippen LogP contribution >= 0.6 is 35.0 Å². The number of halogens is 2. The second-order valence-electron chi connectivity index (χ2n) is 5.16. The quantitative estimate of drug-likeness (QED) is 0.691. The molecule has 0 saturated carbocycles. The third-order valence-corrected chi connectivity index (χ3v) is 5.43. The van der Waals surface area contributed by atoms with Gasteiger partial charge in [-0.05, 0) is 23.8 Å². The summed E-state index contributed by atoms with van der Waals surface area (Å²) in [5, 5.41) is 1.14. The Bertz CT molecular complexity index is 733. The van der Waals surface area contributed by atoms with E-state index in [-0.39, 0.29) is 11.3 Å². The molecule has 1 aliphatic rings. The average Bonchev–Trinajstić information content (AvgIpc) is 3.03. The largest absolute Gasteiger partial charge is 0.322 e. The highest BCUT2D eigenvalue weighted by Gasteiger charge is 2.30. The summed E-state index contributed by atoms with van der Waals surface area (Å²) < 4.78 is 0. The highest BCUT2D eigenvalue weighted by molar-refractivity contribution is 7.99. The first-order chi connectivity index (χ1) is 11.1. The van der Waals surface area contributed by atoms with Crippen molar-refractivity contribution in [3.63, 3.8) is 0 Å². The van der Waals surface area contributed by atoms with E-state index in [1.54, 1.807) is 23.9 Å². The molecule has 2 aromatic carbocycles. The number of hydrogen-bond acceptors (Lipinski definition) is 2. The summed E-state index contributed by atoms with van der Waals surface area (Å²) >= 11 is 14.0. The standard InChI is InChI=1S/C18H15Cl2NOS/c19-14-7-8-15(16(20)12-14)18-21(10-11-23-18)17(22)9-6-13-4-2-1-3-5-13/h1-9,12,18H,10-11H2/b9-6+. The first kappa shape index (κ1) is 16.4. The van der Waals surface area contributed by atoms with Gasteiger partial charge < -0.3 is 4.90 Å². The van der Waals surface area contributed by atoms with Crippen molar-refractivity contribution < 1.29 is 4.79 Å². The minimum absolute atomic E-state index is 0.00475. The number of benzene rings is 2. The Balaban J connectivity index is 1.78. The van der Waals surface area contributed by atoms with Crippen molar-refractivity contribution in [2.24, 2.45) is 0 Å². The Labute approximate surface area is 150 Å². The molecule has 0 N–H and O–H groups in total. The maximum Gasteiger partial charge on any atom is 0.247 e. The lowest BCUT2D eigenvalue weighted by Gasteiger charge is -2.23. The van der Waals surface area contributed by atoms with Crippen LogP contribution in [0, 0.1) is 0 Å². The van der Waals surface area contributed by atoms with Gasteiger partial charge in [-0.1, -0.05) is 59.6 Å². The van der Waals surface area contributed by atoms with E-state index in [9.17, 15) is 4.79 Å². The predicted octanol–water partition coefficient (Wildman–Crippen LogP) is 5.28. The zero-order valence-corrected chi connectivity index (χ0v) is 14.6. The SMILES string of the molecule is O=C(/C=C/c1ccccc1)N1CCSC1c1ccc(Cl)cc1Cl. The van der Waals surface area contributed by atoms with Crippen LogP contribution in [0.2, 0.25) is 10.0 Å². The molecule has 2 nitrogen and oxygen atoms in total. The lowest BCUT2D eigenvalue weighted by Crippen LogP contribution is -2.28. The van der Waals surface area contributed by atoms with Gasteiger partial charge >= 0.3 is 0 Å². The molecule has 2 aromatic rings. The average molecular weight is 364 g/mol. The Kier molecular flexibility index (Phi) is 5.31. The van der Waals surface area contributed by atoms with E-state index in [1.807, 2.05) is 53.4 Å². The van der Waals surface area contributed by atoms with Gasteiger partial charge in [-0.15, -0.1) is 11.8 Å². The van der Waals surface area contributed by atoms with E-state index in [0.717, 1.165) is 16.9 Å². The molecule has 0 aliphatic carbocycles. The van der Waals surface area contributed by atoms with Crippen LogP contribution in [0.5, 0.6) is 0 Å². The lowest BCUT2D eigenvalue weighted by molar-refractivity contribution is -0.126. The first-order valence-electron chi connectivity index (χ1n) is 7.25. The van der Waals surface area contributed by atoms with E-state index in [2.05, 4.69) is 0 Å². The summed E-state index contributed by atoms with van der Waals surface area (Å²) in [6.45, 7) is 0.715. The van der Waals surface area contributed by atoms with Gasteiger partial charge in [0, 0.05) is 34.0 Å². The number of rotatable bonds is 3. The van der Waals surface area contributed by atoms with Gasteiger partial charge in [0.05, 0.1) is 0 Å². The molecule has 0 aromatic heterocycles. The van der Waals surface area contributed by atoms with E-state index < -0.39 is 0 Å². The third-order valence-electron chi connectivity index (χ3n) is 3.62. The van der Waals surface area contributed by atoms with Gasteiger partial charge in [0.2, 0.25) is 5.91 Å². The molecule has 1 amide bonds. The molecule has 1 saturated heterocycles. The van der Waals surface area contributed by atoms with Gasteiger partial charge in [-0.2, -0.15) is 0 Å². The fraction of sp³-hybridized carbons (Fsp3) is 0.167. The molecule has 1 atom stereocenters.